The Balaban J connectivity index is 1.75. The number of fused-ring (bicyclic) bond motifs is 1. The number of benzene rings is 1. The number of carbonyl (C=O) groups excluding carboxylic acids is 2. The van der Waals surface area contributed by atoms with Crippen LogP contribution in [0.3, 0.4) is 0 Å². The standard InChI is InChI=1S/C14H15NO5/c1-8(14(17)15-10-2-3-10)20-11-5-13-12(18-7-19-13)4-9(11)6-16/h4-6,8,10H,2-3,7H2,1H3,(H,15,17). The minimum Gasteiger partial charge on any atom is -0.480 e. The lowest BCUT2D eigenvalue weighted by Gasteiger charge is -2.16. The number of nitrogens with one attached hydrogen (secondary N) is 1. The van der Waals surface area contributed by atoms with E-state index in [4.69, 9.17) is 14.2 Å². The molecule has 1 aliphatic carbocycles. The van der Waals surface area contributed by atoms with Crippen molar-refractivity contribution in [1.29, 1.82) is 0 Å². The van der Waals surface area contributed by atoms with Gasteiger partial charge in [0.05, 0.1) is 5.56 Å². The van der Waals surface area contributed by atoms with Gasteiger partial charge >= 0.3 is 0 Å². The highest BCUT2D eigenvalue weighted by Gasteiger charge is 2.27. The van der Waals surface area contributed by atoms with Crippen molar-refractivity contribution in [1.82, 2.24) is 5.32 Å². The summed E-state index contributed by atoms with van der Waals surface area (Å²) in [5, 5.41) is 2.86. The topological polar surface area (TPSA) is 73.9 Å². The Bertz CT molecular complexity index is 553. The number of ether oxygens (including phenoxy) is 3. The smallest absolute Gasteiger partial charge is 0.260 e. The Labute approximate surface area is 116 Å². The molecular formula is C14H15NO5. The van der Waals surface area contributed by atoms with Crippen molar-refractivity contribution in [3.05, 3.63) is 17.7 Å². The van der Waals surface area contributed by atoms with E-state index in [9.17, 15) is 9.59 Å². The van der Waals surface area contributed by atoms with Gasteiger partial charge in [-0.1, -0.05) is 0 Å². The van der Waals surface area contributed by atoms with Crippen molar-refractivity contribution >= 4 is 12.2 Å². The Morgan fingerprint density at radius 3 is 2.75 bits per heavy atom. The first kappa shape index (κ1) is 12.8. The van der Waals surface area contributed by atoms with Crippen LogP contribution in [0.15, 0.2) is 12.1 Å². The van der Waals surface area contributed by atoms with Crippen LogP contribution in [0.25, 0.3) is 0 Å². The zero-order valence-electron chi connectivity index (χ0n) is 11.0. The Morgan fingerprint density at radius 1 is 1.40 bits per heavy atom. The summed E-state index contributed by atoms with van der Waals surface area (Å²) in [4.78, 5) is 22.9. The van der Waals surface area contributed by atoms with Gasteiger partial charge in [0, 0.05) is 12.1 Å². The predicted octanol–water partition coefficient (Wildman–Crippen LogP) is 1.27. The number of amides is 1. The molecule has 1 aromatic rings. The SMILES string of the molecule is CC(Oc1cc2c(cc1C=O)OCO2)C(=O)NC1CC1. The van der Waals surface area contributed by atoms with Crippen LogP contribution in [0, 0.1) is 0 Å². The van der Waals surface area contributed by atoms with E-state index in [-0.39, 0.29) is 18.7 Å². The molecule has 3 rings (SSSR count). The van der Waals surface area contributed by atoms with Crippen LogP contribution in [0.1, 0.15) is 30.1 Å². The second-order valence-electron chi connectivity index (χ2n) is 4.90. The van der Waals surface area contributed by atoms with Gasteiger partial charge in [0.2, 0.25) is 6.79 Å². The van der Waals surface area contributed by atoms with Gasteiger partial charge in [0.25, 0.3) is 5.91 Å². The van der Waals surface area contributed by atoms with Gasteiger partial charge in [-0.2, -0.15) is 0 Å². The molecule has 1 unspecified atom stereocenters. The summed E-state index contributed by atoms with van der Waals surface area (Å²) in [7, 11) is 0. The van der Waals surface area contributed by atoms with E-state index in [1.54, 1.807) is 19.1 Å². The number of carbonyl (C=O) groups is 2. The zero-order chi connectivity index (χ0) is 14.1. The van der Waals surface area contributed by atoms with E-state index >= 15 is 0 Å². The Morgan fingerprint density at radius 2 is 2.10 bits per heavy atom. The van der Waals surface area contributed by atoms with Crippen LogP contribution in [-0.2, 0) is 4.79 Å². The van der Waals surface area contributed by atoms with Crippen LogP contribution in [0.4, 0.5) is 0 Å². The first-order valence-corrected chi connectivity index (χ1v) is 6.53. The molecule has 20 heavy (non-hydrogen) atoms. The summed E-state index contributed by atoms with van der Waals surface area (Å²) >= 11 is 0. The second-order valence-corrected chi connectivity index (χ2v) is 4.90. The third-order valence-corrected chi connectivity index (χ3v) is 3.23. The largest absolute Gasteiger partial charge is 0.480 e. The Kier molecular flexibility index (Phi) is 3.22. The lowest BCUT2D eigenvalue weighted by molar-refractivity contribution is -0.127. The minimum absolute atomic E-state index is 0.120. The molecule has 0 spiro atoms. The lowest BCUT2D eigenvalue weighted by atomic mass is 10.2. The molecule has 106 valence electrons. The van der Waals surface area contributed by atoms with Crippen LogP contribution in [0.2, 0.25) is 0 Å². The third kappa shape index (κ3) is 2.54. The molecule has 6 nitrogen and oxygen atoms in total. The molecule has 1 heterocycles. The molecule has 1 atom stereocenters. The van der Waals surface area contributed by atoms with Gasteiger partial charge in [-0.3, -0.25) is 9.59 Å². The first-order valence-electron chi connectivity index (χ1n) is 6.53. The molecular weight excluding hydrogens is 262 g/mol. The summed E-state index contributed by atoms with van der Waals surface area (Å²) in [5.74, 6) is 1.17. The minimum atomic E-state index is -0.672. The zero-order valence-corrected chi connectivity index (χ0v) is 11.0. The molecule has 1 fully saturated rings. The average Bonchev–Trinajstić information content (AvgIpc) is 3.13. The molecule has 1 N–H and O–H groups in total. The molecule has 1 aromatic carbocycles. The maximum atomic E-state index is 11.9. The second kappa shape index (κ2) is 5.03. The maximum Gasteiger partial charge on any atom is 0.260 e. The van der Waals surface area contributed by atoms with E-state index in [1.807, 2.05) is 0 Å². The predicted molar refractivity (Wildman–Crippen MR) is 69.2 cm³/mol. The third-order valence-electron chi connectivity index (χ3n) is 3.23. The van der Waals surface area contributed by atoms with Gasteiger partial charge in [-0.25, -0.2) is 0 Å². The van der Waals surface area contributed by atoms with Crippen molar-refractivity contribution in [2.24, 2.45) is 0 Å². The van der Waals surface area contributed by atoms with Crippen LogP contribution in [0.5, 0.6) is 17.2 Å². The lowest BCUT2D eigenvalue weighted by Crippen LogP contribution is -2.37. The van der Waals surface area contributed by atoms with E-state index in [0.29, 0.717) is 29.1 Å². The highest BCUT2D eigenvalue weighted by Crippen LogP contribution is 2.37. The van der Waals surface area contributed by atoms with Crippen molar-refractivity contribution in [3.8, 4) is 17.2 Å². The number of hydrogen-bond donors (Lipinski definition) is 1. The average molecular weight is 277 g/mol. The molecule has 1 aliphatic heterocycles. The van der Waals surface area contributed by atoms with Gasteiger partial charge in [-0.15, -0.1) is 0 Å². The maximum absolute atomic E-state index is 11.9. The molecule has 1 saturated carbocycles. The molecule has 0 aromatic heterocycles. The summed E-state index contributed by atoms with van der Waals surface area (Å²) in [5.41, 5.74) is 0.334. The fourth-order valence-corrected chi connectivity index (χ4v) is 1.92. The summed E-state index contributed by atoms with van der Waals surface area (Å²) < 4.78 is 16.0. The first-order chi connectivity index (χ1) is 9.67. The molecule has 0 radical (unpaired) electrons. The van der Waals surface area contributed by atoms with Gasteiger partial charge in [-0.05, 0) is 25.8 Å². The van der Waals surface area contributed by atoms with E-state index in [1.165, 1.54) is 0 Å². The van der Waals surface area contributed by atoms with Gasteiger partial charge in [0.1, 0.15) is 5.75 Å². The molecule has 0 saturated heterocycles. The van der Waals surface area contributed by atoms with Crippen LogP contribution in [-0.4, -0.2) is 31.1 Å². The Hall–Kier alpha value is -2.24. The highest BCUT2D eigenvalue weighted by atomic mass is 16.7. The highest BCUT2D eigenvalue weighted by molar-refractivity contribution is 5.84. The van der Waals surface area contributed by atoms with Crippen molar-refractivity contribution in [3.63, 3.8) is 0 Å². The van der Waals surface area contributed by atoms with Crippen molar-refractivity contribution in [2.75, 3.05) is 6.79 Å². The quantitative estimate of drug-likeness (QED) is 0.820. The van der Waals surface area contributed by atoms with Gasteiger partial charge < -0.3 is 19.5 Å². The molecule has 2 aliphatic rings. The summed E-state index contributed by atoms with van der Waals surface area (Å²) in [6, 6.07) is 3.40. The molecule has 6 heteroatoms. The van der Waals surface area contributed by atoms with E-state index in [2.05, 4.69) is 5.32 Å². The normalized spacial score (nSPS) is 17.4. The van der Waals surface area contributed by atoms with Crippen molar-refractivity contribution < 1.29 is 23.8 Å². The van der Waals surface area contributed by atoms with Crippen LogP contribution < -0.4 is 19.5 Å². The number of aldehydes is 1. The molecule has 1 amide bonds. The monoisotopic (exact) mass is 277 g/mol. The fraction of sp³-hybridized carbons (Fsp3) is 0.429. The molecule has 0 bridgehead atoms. The fourth-order valence-electron chi connectivity index (χ4n) is 1.92. The summed E-state index contributed by atoms with van der Waals surface area (Å²) in [6.45, 7) is 1.77. The van der Waals surface area contributed by atoms with Crippen molar-refractivity contribution in [2.45, 2.75) is 31.9 Å². The number of hydrogen-bond acceptors (Lipinski definition) is 5. The number of rotatable bonds is 5. The summed E-state index contributed by atoms with van der Waals surface area (Å²) in [6.07, 6.45) is 2.03. The van der Waals surface area contributed by atoms with Gasteiger partial charge in [0.15, 0.2) is 23.9 Å². The van der Waals surface area contributed by atoms with E-state index < -0.39 is 6.10 Å². The van der Waals surface area contributed by atoms with Crippen LogP contribution >= 0.6 is 0 Å². The van der Waals surface area contributed by atoms with E-state index in [0.717, 1.165) is 12.8 Å².